The van der Waals surface area contributed by atoms with Crippen molar-refractivity contribution in [3.63, 3.8) is 0 Å². The second kappa shape index (κ2) is 8.61. The highest BCUT2D eigenvalue weighted by Gasteiger charge is 2.12. The zero-order chi connectivity index (χ0) is 14.1. The first-order valence-corrected chi connectivity index (χ1v) is 6.60. The highest BCUT2D eigenvalue weighted by atomic mass is 16.6. The van der Waals surface area contributed by atoms with Crippen LogP contribution in [0.1, 0.15) is 18.9 Å². The summed E-state index contributed by atoms with van der Waals surface area (Å²) in [6, 6.07) is 10.0. The summed E-state index contributed by atoms with van der Waals surface area (Å²) in [5.41, 5.74) is 1.19. The zero-order valence-electron chi connectivity index (χ0n) is 11.4. The average Bonchev–Trinajstić information content (AvgIpc) is 2.37. The van der Waals surface area contributed by atoms with Crippen molar-refractivity contribution in [2.45, 2.75) is 19.9 Å². The Hall–Kier alpha value is -1.46. The highest BCUT2D eigenvalue weighted by molar-refractivity contribution is 5.14. The third-order valence-corrected chi connectivity index (χ3v) is 3.06. The van der Waals surface area contributed by atoms with Crippen LogP contribution in [0.5, 0.6) is 0 Å². The molecule has 106 valence electrons. The summed E-state index contributed by atoms with van der Waals surface area (Å²) in [5.74, 6) is 0.0620. The van der Waals surface area contributed by atoms with E-state index in [0.717, 1.165) is 19.5 Å². The molecule has 0 aliphatic rings. The summed E-state index contributed by atoms with van der Waals surface area (Å²) in [6.07, 6.45) is 0.772. The number of aliphatic hydroxyl groups is 1. The number of nitrogens with zero attached hydrogens (tertiary/aromatic N) is 2. The van der Waals surface area contributed by atoms with E-state index in [1.54, 1.807) is 0 Å². The van der Waals surface area contributed by atoms with Gasteiger partial charge in [0.05, 0.1) is 6.61 Å². The molecule has 5 nitrogen and oxygen atoms in total. The van der Waals surface area contributed by atoms with Gasteiger partial charge in [-0.1, -0.05) is 37.3 Å². The molecule has 1 aromatic carbocycles. The van der Waals surface area contributed by atoms with E-state index in [2.05, 4.69) is 4.90 Å². The summed E-state index contributed by atoms with van der Waals surface area (Å²) in [4.78, 5) is 12.3. The van der Waals surface area contributed by atoms with E-state index in [4.69, 9.17) is 5.11 Å². The van der Waals surface area contributed by atoms with Gasteiger partial charge in [-0.2, -0.15) is 0 Å². The summed E-state index contributed by atoms with van der Waals surface area (Å²) in [7, 11) is 0. The predicted molar refractivity (Wildman–Crippen MR) is 74.4 cm³/mol. The van der Waals surface area contributed by atoms with Crippen molar-refractivity contribution in [3.05, 3.63) is 46.0 Å². The minimum atomic E-state index is -0.266. The van der Waals surface area contributed by atoms with E-state index < -0.39 is 0 Å². The molecule has 1 N–H and O–H groups in total. The minimum absolute atomic E-state index is 0.0122. The van der Waals surface area contributed by atoms with Gasteiger partial charge in [0.25, 0.3) is 0 Å². The lowest BCUT2D eigenvalue weighted by molar-refractivity contribution is -0.487. The fourth-order valence-corrected chi connectivity index (χ4v) is 2.00. The first kappa shape index (κ1) is 15.6. The molecule has 19 heavy (non-hydrogen) atoms. The molecule has 0 bridgehead atoms. The molecule has 0 unspecified atom stereocenters. The van der Waals surface area contributed by atoms with Crippen LogP contribution < -0.4 is 0 Å². The molecule has 1 atom stereocenters. The van der Waals surface area contributed by atoms with Gasteiger partial charge in [-0.15, -0.1) is 0 Å². The fraction of sp³-hybridized carbons (Fsp3) is 0.571. The number of hydrogen-bond acceptors (Lipinski definition) is 4. The fourth-order valence-electron chi connectivity index (χ4n) is 2.00. The number of hydrogen-bond donors (Lipinski definition) is 1. The van der Waals surface area contributed by atoms with Crippen LogP contribution in [0.25, 0.3) is 0 Å². The molecular formula is C14H22N2O3. The third-order valence-electron chi connectivity index (χ3n) is 3.06. The number of aliphatic hydroxyl groups excluding tert-OH is 1. The second-order valence-electron chi connectivity index (χ2n) is 4.89. The Labute approximate surface area is 114 Å². The molecular weight excluding hydrogens is 244 g/mol. The molecule has 0 amide bonds. The summed E-state index contributed by atoms with van der Waals surface area (Å²) in [6.45, 7) is 4.15. The quantitative estimate of drug-likeness (QED) is 0.546. The Kier molecular flexibility index (Phi) is 7.07. The number of nitro groups is 1. The summed E-state index contributed by atoms with van der Waals surface area (Å²) in [5, 5.41) is 19.5. The molecule has 1 aromatic rings. The van der Waals surface area contributed by atoms with Crippen molar-refractivity contribution in [1.82, 2.24) is 4.90 Å². The molecule has 0 spiro atoms. The van der Waals surface area contributed by atoms with Crippen molar-refractivity contribution in [3.8, 4) is 0 Å². The van der Waals surface area contributed by atoms with Gasteiger partial charge in [0, 0.05) is 23.9 Å². The average molecular weight is 266 g/mol. The molecule has 0 aromatic heterocycles. The molecule has 0 radical (unpaired) electrons. The largest absolute Gasteiger partial charge is 0.395 e. The number of rotatable bonds is 9. The van der Waals surface area contributed by atoms with Crippen LogP contribution in [0.15, 0.2) is 30.3 Å². The maximum atomic E-state index is 10.4. The van der Waals surface area contributed by atoms with Crippen LogP contribution in [-0.4, -0.2) is 41.2 Å². The van der Waals surface area contributed by atoms with E-state index in [9.17, 15) is 10.1 Å². The normalized spacial score (nSPS) is 12.6. The second-order valence-corrected chi connectivity index (χ2v) is 4.89. The molecule has 5 heteroatoms. The third kappa shape index (κ3) is 6.88. The standard InChI is InChI=1S/C14H22N2O3/c1-13(11-16(18)19)7-8-15(9-10-17)12-14-5-3-2-4-6-14/h2-6,13,17H,7-12H2,1H3/t13-/m1/s1. The van der Waals surface area contributed by atoms with Gasteiger partial charge in [-0.05, 0) is 18.5 Å². The molecule has 0 fully saturated rings. The Morgan fingerprint density at radius 3 is 2.58 bits per heavy atom. The highest BCUT2D eigenvalue weighted by Crippen LogP contribution is 2.08. The van der Waals surface area contributed by atoms with Gasteiger partial charge in [0.1, 0.15) is 0 Å². The topological polar surface area (TPSA) is 66.6 Å². The van der Waals surface area contributed by atoms with Gasteiger partial charge < -0.3 is 5.11 Å². The Balaban J connectivity index is 2.42. The van der Waals surface area contributed by atoms with Gasteiger partial charge in [-0.25, -0.2) is 0 Å². The Bertz CT molecular complexity index is 370. The van der Waals surface area contributed by atoms with Crippen LogP contribution in [0, 0.1) is 16.0 Å². The number of benzene rings is 1. The monoisotopic (exact) mass is 266 g/mol. The first-order chi connectivity index (χ1) is 9.11. The van der Waals surface area contributed by atoms with Crippen LogP contribution in [0.2, 0.25) is 0 Å². The zero-order valence-corrected chi connectivity index (χ0v) is 11.4. The van der Waals surface area contributed by atoms with Gasteiger partial charge in [0.2, 0.25) is 6.54 Å². The van der Waals surface area contributed by atoms with Crippen molar-refractivity contribution in [2.24, 2.45) is 5.92 Å². The molecule has 0 heterocycles. The summed E-state index contributed by atoms with van der Waals surface area (Å²) >= 11 is 0. The minimum Gasteiger partial charge on any atom is -0.395 e. The Morgan fingerprint density at radius 2 is 2.00 bits per heavy atom. The van der Waals surface area contributed by atoms with Crippen molar-refractivity contribution < 1.29 is 10.0 Å². The Morgan fingerprint density at radius 1 is 1.32 bits per heavy atom. The lowest BCUT2D eigenvalue weighted by Gasteiger charge is -2.22. The smallest absolute Gasteiger partial charge is 0.206 e. The van der Waals surface area contributed by atoms with E-state index in [-0.39, 0.29) is 24.0 Å². The lowest BCUT2D eigenvalue weighted by atomic mass is 10.1. The van der Waals surface area contributed by atoms with E-state index in [1.807, 2.05) is 37.3 Å². The molecule has 0 saturated heterocycles. The lowest BCUT2D eigenvalue weighted by Crippen LogP contribution is -2.29. The van der Waals surface area contributed by atoms with E-state index in [0.29, 0.717) is 6.54 Å². The van der Waals surface area contributed by atoms with Crippen molar-refractivity contribution in [1.29, 1.82) is 0 Å². The summed E-state index contributed by atoms with van der Waals surface area (Å²) < 4.78 is 0. The first-order valence-electron chi connectivity index (χ1n) is 6.60. The van der Waals surface area contributed by atoms with Gasteiger partial charge >= 0.3 is 0 Å². The molecule has 0 aliphatic heterocycles. The van der Waals surface area contributed by atoms with Crippen molar-refractivity contribution in [2.75, 3.05) is 26.2 Å². The molecule has 0 aliphatic carbocycles. The molecule has 1 rings (SSSR count). The van der Waals surface area contributed by atoms with E-state index in [1.165, 1.54) is 5.56 Å². The van der Waals surface area contributed by atoms with Gasteiger partial charge in [-0.3, -0.25) is 15.0 Å². The van der Waals surface area contributed by atoms with Crippen LogP contribution in [0.4, 0.5) is 0 Å². The van der Waals surface area contributed by atoms with Crippen LogP contribution in [0.3, 0.4) is 0 Å². The van der Waals surface area contributed by atoms with Crippen LogP contribution in [-0.2, 0) is 6.54 Å². The maximum absolute atomic E-state index is 10.4. The van der Waals surface area contributed by atoms with Gasteiger partial charge in [0.15, 0.2) is 0 Å². The maximum Gasteiger partial charge on any atom is 0.206 e. The molecule has 0 saturated carbocycles. The van der Waals surface area contributed by atoms with E-state index >= 15 is 0 Å². The predicted octanol–water partition coefficient (Wildman–Crippen LogP) is 1.78. The van der Waals surface area contributed by atoms with Crippen molar-refractivity contribution >= 4 is 0 Å². The van der Waals surface area contributed by atoms with Crippen LogP contribution >= 0.6 is 0 Å². The SMILES string of the molecule is C[C@H](CCN(CCO)Cc1ccccc1)C[N+](=O)[O-].